The number of benzene rings is 1. The predicted octanol–water partition coefficient (Wildman–Crippen LogP) is 3.25. The van der Waals surface area contributed by atoms with Crippen molar-refractivity contribution < 1.29 is 9.32 Å². The number of hydrogen-bond donors (Lipinski definition) is 0. The van der Waals surface area contributed by atoms with Crippen LogP contribution in [0.25, 0.3) is 0 Å². The lowest BCUT2D eigenvalue weighted by atomic mass is 10.00. The molecule has 0 radical (unpaired) electrons. The number of rotatable bonds is 4. The van der Waals surface area contributed by atoms with E-state index in [9.17, 15) is 4.79 Å². The fourth-order valence-corrected chi connectivity index (χ4v) is 4.70. The highest BCUT2D eigenvalue weighted by atomic mass is 16.5. The second-order valence-electron chi connectivity index (χ2n) is 7.95. The summed E-state index contributed by atoms with van der Waals surface area (Å²) < 4.78 is 5.28. The van der Waals surface area contributed by atoms with Gasteiger partial charge >= 0.3 is 0 Å². The summed E-state index contributed by atoms with van der Waals surface area (Å²) in [5.41, 5.74) is 4.40. The van der Waals surface area contributed by atoms with Crippen molar-refractivity contribution in [1.82, 2.24) is 15.0 Å². The molecule has 1 aliphatic heterocycles. The number of nitrogens with zero attached hydrogens (tertiary/aromatic N) is 3. The van der Waals surface area contributed by atoms with Crippen LogP contribution in [0.2, 0.25) is 0 Å². The van der Waals surface area contributed by atoms with E-state index in [4.69, 9.17) is 4.52 Å². The summed E-state index contributed by atoms with van der Waals surface area (Å²) in [4.78, 5) is 17.6. The molecule has 0 bridgehead atoms. The summed E-state index contributed by atoms with van der Waals surface area (Å²) in [6.07, 6.45) is 5.17. The summed E-state index contributed by atoms with van der Waals surface area (Å²) >= 11 is 0. The molecule has 1 aromatic heterocycles. The Morgan fingerprint density at radius 3 is 2.67 bits per heavy atom. The van der Waals surface area contributed by atoms with Crippen LogP contribution in [0.1, 0.15) is 52.7 Å². The molecular formula is C22H29N3O2. The van der Waals surface area contributed by atoms with Gasteiger partial charge in [0.2, 0.25) is 0 Å². The molecule has 2 heterocycles. The van der Waals surface area contributed by atoms with Crippen LogP contribution >= 0.6 is 0 Å². The van der Waals surface area contributed by atoms with Gasteiger partial charge in [-0.25, -0.2) is 0 Å². The minimum Gasteiger partial charge on any atom is -0.361 e. The Kier molecular flexibility index (Phi) is 5.04. The molecule has 2 aromatic rings. The summed E-state index contributed by atoms with van der Waals surface area (Å²) in [6.45, 7) is 5.92. The van der Waals surface area contributed by atoms with Gasteiger partial charge in [0.1, 0.15) is 11.3 Å². The Balaban J connectivity index is 1.45. The van der Waals surface area contributed by atoms with E-state index in [1.54, 1.807) is 0 Å². The third-order valence-electron chi connectivity index (χ3n) is 6.32. The maximum Gasteiger partial charge on any atom is 0.259 e. The SMILES string of the molecule is CCc1noc(C)c1C(=O)N(C)C1CCCN(C2Cc3ccccc3C2)C1. The first kappa shape index (κ1) is 18.2. The molecule has 4 rings (SSSR count). The molecule has 144 valence electrons. The predicted molar refractivity (Wildman–Crippen MR) is 105 cm³/mol. The number of aryl methyl sites for hydroxylation is 2. The van der Waals surface area contributed by atoms with Gasteiger partial charge in [0.25, 0.3) is 5.91 Å². The number of fused-ring (bicyclic) bond motifs is 1. The Labute approximate surface area is 161 Å². The lowest BCUT2D eigenvalue weighted by molar-refractivity contribution is 0.0553. The molecule has 1 aromatic carbocycles. The standard InChI is InChI=1S/C22H29N3O2/c1-4-20-21(15(2)27-23-20)22(26)24(3)18-10-7-11-25(14-18)19-12-16-8-5-6-9-17(16)13-19/h5-6,8-9,18-19H,4,7,10-14H2,1-3H3. The normalized spacial score (nSPS) is 20.6. The van der Waals surface area contributed by atoms with Crippen molar-refractivity contribution in [1.29, 1.82) is 0 Å². The zero-order chi connectivity index (χ0) is 19.0. The number of amides is 1. The Morgan fingerprint density at radius 1 is 1.30 bits per heavy atom. The molecule has 1 fully saturated rings. The van der Waals surface area contributed by atoms with Crippen LogP contribution in [0.15, 0.2) is 28.8 Å². The molecule has 1 saturated heterocycles. The van der Waals surface area contributed by atoms with Crippen molar-refractivity contribution >= 4 is 5.91 Å². The number of likely N-dealkylation sites (N-methyl/N-ethyl adjacent to an activating group) is 1. The molecule has 2 aliphatic rings. The minimum atomic E-state index is 0.0483. The first-order chi connectivity index (χ1) is 13.1. The number of likely N-dealkylation sites (tertiary alicyclic amines) is 1. The summed E-state index contributed by atoms with van der Waals surface area (Å²) in [7, 11) is 1.94. The van der Waals surface area contributed by atoms with E-state index < -0.39 is 0 Å². The molecular weight excluding hydrogens is 338 g/mol. The molecule has 0 spiro atoms. The van der Waals surface area contributed by atoms with Crippen LogP contribution in [0.5, 0.6) is 0 Å². The van der Waals surface area contributed by atoms with Crippen molar-refractivity contribution in [2.75, 3.05) is 20.1 Å². The minimum absolute atomic E-state index is 0.0483. The average molecular weight is 367 g/mol. The van der Waals surface area contributed by atoms with E-state index in [-0.39, 0.29) is 11.9 Å². The largest absolute Gasteiger partial charge is 0.361 e. The summed E-state index contributed by atoms with van der Waals surface area (Å²) in [5.74, 6) is 0.676. The number of carbonyl (C=O) groups is 1. The second-order valence-corrected chi connectivity index (χ2v) is 7.95. The van der Waals surface area contributed by atoms with Gasteiger partial charge in [0, 0.05) is 25.7 Å². The van der Waals surface area contributed by atoms with Crippen LogP contribution in [0, 0.1) is 6.92 Å². The van der Waals surface area contributed by atoms with Gasteiger partial charge in [0.15, 0.2) is 0 Å². The lowest BCUT2D eigenvalue weighted by Gasteiger charge is -2.40. The van der Waals surface area contributed by atoms with Crippen LogP contribution < -0.4 is 0 Å². The highest BCUT2D eigenvalue weighted by molar-refractivity contribution is 5.96. The van der Waals surface area contributed by atoms with Crippen molar-refractivity contribution in [2.45, 2.75) is 58.0 Å². The second kappa shape index (κ2) is 7.47. The van der Waals surface area contributed by atoms with Crippen LogP contribution in [0.3, 0.4) is 0 Å². The van der Waals surface area contributed by atoms with Crippen LogP contribution in [-0.4, -0.2) is 53.1 Å². The van der Waals surface area contributed by atoms with E-state index in [0.29, 0.717) is 23.8 Å². The smallest absolute Gasteiger partial charge is 0.259 e. The molecule has 0 saturated carbocycles. The maximum absolute atomic E-state index is 13.1. The third-order valence-corrected chi connectivity index (χ3v) is 6.32. The van der Waals surface area contributed by atoms with Crippen molar-refractivity contribution in [3.63, 3.8) is 0 Å². The van der Waals surface area contributed by atoms with Gasteiger partial charge in [-0.3, -0.25) is 9.69 Å². The molecule has 5 nitrogen and oxygen atoms in total. The first-order valence-electron chi connectivity index (χ1n) is 10.1. The fraction of sp³-hybridized carbons (Fsp3) is 0.545. The van der Waals surface area contributed by atoms with E-state index >= 15 is 0 Å². The Morgan fingerprint density at radius 2 is 2.00 bits per heavy atom. The number of hydrogen-bond acceptors (Lipinski definition) is 4. The summed E-state index contributed by atoms with van der Waals surface area (Å²) in [6, 6.07) is 9.60. The topological polar surface area (TPSA) is 49.6 Å². The van der Waals surface area contributed by atoms with Crippen molar-refractivity contribution in [2.24, 2.45) is 0 Å². The van der Waals surface area contributed by atoms with Gasteiger partial charge in [-0.15, -0.1) is 0 Å². The van der Waals surface area contributed by atoms with Gasteiger partial charge < -0.3 is 9.42 Å². The lowest BCUT2D eigenvalue weighted by Crippen LogP contribution is -2.51. The number of carbonyl (C=O) groups excluding carboxylic acids is 1. The third kappa shape index (κ3) is 3.41. The van der Waals surface area contributed by atoms with Crippen molar-refractivity contribution in [3.8, 4) is 0 Å². The van der Waals surface area contributed by atoms with E-state index in [2.05, 4.69) is 34.3 Å². The van der Waals surface area contributed by atoms with Crippen molar-refractivity contribution in [3.05, 3.63) is 52.4 Å². The molecule has 5 heteroatoms. The van der Waals surface area contributed by atoms with Crippen LogP contribution in [0.4, 0.5) is 0 Å². The zero-order valence-corrected chi connectivity index (χ0v) is 16.6. The van der Waals surface area contributed by atoms with Gasteiger partial charge in [0.05, 0.1) is 5.69 Å². The quantitative estimate of drug-likeness (QED) is 0.832. The van der Waals surface area contributed by atoms with Gasteiger partial charge in [-0.1, -0.05) is 36.3 Å². The molecule has 1 amide bonds. The van der Waals surface area contributed by atoms with Crippen LogP contribution in [-0.2, 0) is 19.3 Å². The Hall–Kier alpha value is -2.14. The average Bonchev–Trinajstić information content (AvgIpc) is 3.30. The van der Waals surface area contributed by atoms with Gasteiger partial charge in [-0.2, -0.15) is 0 Å². The molecule has 27 heavy (non-hydrogen) atoms. The first-order valence-corrected chi connectivity index (χ1v) is 10.1. The summed E-state index contributed by atoms with van der Waals surface area (Å²) in [5, 5.41) is 4.05. The monoisotopic (exact) mass is 367 g/mol. The Bertz CT molecular complexity index is 804. The molecule has 1 aliphatic carbocycles. The fourth-order valence-electron chi connectivity index (χ4n) is 4.70. The highest BCUT2D eigenvalue weighted by Gasteiger charge is 2.34. The number of piperidine rings is 1. The van der Waals surface area contributed by atoms with E-state index in [1.165, 1.54) is 11.1 Å². The highest BCUT2D eigenvalue weighted by Crippen LogP contribution is 2.29. The van der Waals surface area contributed by atoms with E-state index in [0.717, 1.165) is 44.5 Å². The van der Waals surface area contributed by atoms with Gasteiger partial charge in [-0.05, 0) is 56.7 Å². The molecule has 1 atom stereocenters. The maximum atomic E-state index is 13.1. The molecule has 1 unspecified atom stereocenters. The molecule has 0 N–H and O–H groups in total. The zero-order valence-electron chi connectivity index (χ0n) is 16.6. The van der Waals surface area contributed by atoms with E-state index in [1.807, 2.05) is 25.8 Å². The number of aromatic nitrogens is 1.